The van der Waals surface area contributed by atoms with Crippen LogP contribution in [-0.4, -0.2) is 44.1 Å². The summed E-state index contributed by atoms with van der Waals surface area (Å²) in [5.74, 6) is 2.57. The Morgan fingerprint density at radius 1 is 1.07 bits per heavy atom. The minimum atomic E-state index is 0. The zero-order chi connectivity index (χ0) is 18.0. The first-order chi connectivity index (χ1) is 12.9. The molecule has 2 aromatic carbocycles. The van der Waals surface area contributed by atoms with Crippen LogP contribution in [0.15, 0.2) is 65.7 Å². The fourth-order valence-electron chi connectivity index (χ4n) is 3.42. The zero-order valence-electron chi connectivity index (χ0n) is 16.0. The molecule has 27 heavy (non-hydrogen) atoms. The van der Waals surface area contributed by atoms with Crippen molar-refractivity contribution in [1.82, 2.24) is 10.2 Å². The van der Waals surface area contributed by atoms with Crippen LogP contribution in [0.25, 0.3) is 0 Å². The summed E-state index contributed by atoms with van der Waals surface area (Å²) in [6.45, 7) is 3.79. The Morgan fingerprint density at radius 3 is 2.48 bits per heavy atom. The molecule has 1 N–H and O–H groups in total. The van der Waals surface area contributed by atoms with Gasteiger partial charge in [0.2, 0.25) is 0 Å². The van der Waals surface area contributed by atoms with Gasteiger partial charge in [0.1, 0.15) is 5.75 Å². The van der Waals surface area contributed by atoms with E-state index < -0.39 is 0 Å². The van der Waals surface area contributed by atoms with Gasteiger partial charge in [0.05, 0.1) is 6.61 Å². The molecular formula is C22H30IN3O. The molecule has 1 fully saturated rings. The highest BCUT2D eigenvalue weighted by Crippen LogP contribution is 2.26. The van der Waals surface area contributed by atoms with Crippen LogP contribution in [0.1, 0.15) is 30.7 Å². The van der Waals surface area contributed by atoms with Crippen molar-refractivity contribution in [2.45, 2.75) is 25.2 Å². The van der Waals surface area contributed by atoms with Gasteiger partial charge >= 0.3 is 0 Å². The van der Waals surface area contributed by atoms with Gasteiger partial charge < -0.3 is 15.0 Å². The second-order valence-corrected chi connectivity index (χ2v) is 6.68. The monoisotopic (exact) mass is 479 g/mol. The second-order valence-electron chi connectivity index (χ2n) is 6.68. The third-order valence-corrected chi connectivity index (χ3v) is 4.84. The van der Waals surface area contributed by atoms with Crippen molar-refractivity contribution in [3.05, 3.63) is 66.2 Å². The van der Waals surface area contributed by atoms with Crippen molar-refractivity contribution < 1.29 is 4.74 Å². The van der Waals surface area contributed by atoms with Gasteiger partial charge in [-0.2, -0.15) is 0 Å². The molecule has 1 unspecified atom stereocenters. The number of hydrogen-bond acceptors (Lipinski definition) is 2. The molecule has 0 spiro atoms. The number of likely N-dealkylation sites (tertiary alicyclic amines) is 1. The molecule has 3 rings (SSSR count). The quantitative estimate of drug-likeness (QED) is 0.275. The van der Waals surface area contributed by atoms with Gasteiger partial charge in [-0.3, -0.25) is 4.99 Å². The number of nitrogens with zero attached hydrogens (tertiary/aromatic N) is 2. The van der Waals surface area contributed by atoms with E-state index in [0.29, 0.717) is 5.92 Å². The van der Waals surface area contributed by atoms with Gasteiger partial charge in [0, 0.05) is 32.6 Å². The lowest BCUT2D eigenvalue weighted by Crippen LogP contribution is -2.40. The third kappa shape index (κ3) is 6.72. The number of rotatable bonds is 7. The molecule has 1 atom stereocenters. The Labute approximate surface area is 180 Å². The van der Waals surface area contributed by atoms with Crippen LogP contribution in [0.4, 0.5) is 0 Å². The first kappa shape index (κ1) is 21.5. The van der Waals surface area contributed by atoms with E-state index in [2.05, 4.69) is 45.5 Å². The van der Waals surface area contributed by atoms with Crippen molar-refractivity contribution >= 4 is 29.9 Å². The van der Waals surface area contributed by atoms with E-state index in [4.69, 9.17) is 4.74 Å². The standard InChI is InChI=1S/C22H29N3O.HI/c1-23-22(24-15-8-9-17-26-21-12-6-3-7-13-21)25-16-14-20(18-25)19-10-4-2-5-11-19;/h2-7,10-13,20H,8-9,14-18H2,1H3,(H,23,24);1H. The van der Waals surface area contributed by atoms with Crippen molar-refractivity contribution in [3.63, 3.8) is 0 Å². The highest BCUT2D eigenvalue weighted by molar-refractivity contribution is 14.0. The predicted molar refractivity (Wildman–Crippen MR) is 123 cm³/mol. The number of aliphatic imine (C=N–C) groups is 1. The van der Waals surface area contributed by atoms with Gasteiger partial charge in [0.25, 0.3) is 0 Å². The van der Waals surface area contributed by atoms with Gasteiger partial charge in [-0.05, 0) is 37.0 Å². The van der Waals surface area contributed by atoms with Gasteiger partial charge in [0.15, 0.2) is 5.96 Å². The molecule has 0 amide bonds. The van der Waals surface area contributed by atoms with Crippen LogP contribution in [0, 0.1) is 0 Å². The average molecular weight is 479 g/mol. The molecule has 1 aliphatic rings. The number of halogens is 1. The van der Waals surface area contributed by atoms with Crippen molar-refractivity contribution in [2.75, 3.05) is 33.3 Å². The molecule has 146 valence electrons. The lowest BCUT2D eigenvalue weighted by molar-refractivity contribution is 0.306. The molecular weight excluding hydrogens is 449 g/mol. The van der Waals surface area contributed by atoms with E-state index >= 15 is 0 Å². The Hall–Kier alpha value is -1.76. The zero-order valence-corrected chi connectivity index (χ0v) is 18.3. The van der Waals surface area contributed by atoms with Gasteiger partial charge in [-0.1, -0.05) is 48.5 Å². The Balaban J connectivity index is 0.00000261. The molecule has 0 aliphatic carbocycles. The van der Waals surface area contributed by atoms with Crippen LogP contribution in [0.5, 0.6) is 5.75 Å². The van der Waals surface area contributed by atoms with E-state index in [1.54, 1.807) is 0 Å². The number of benzene rings is 2. The molecule has 5 heteroatoms. The molecule has 1 heterocycles. The summed E-state index contributed by atoms with van der Waals surface area (Å²) in [7, 11) is 1.87. The first-order valence-electron chi connectivity index (χ1n) is 9.55. The maximum atomic E-state index is 5.73. The summed E-state index contributed by atoms with van der Waals surface area (Å²) in [6, 6.07) is 20.8. The molecule has 4 nitrogen and oxygen atoms in total. The summed E-state index contributed by atoms with van der Waals surface area (Å²) in [5, 5.41) is 3.50. The Kier molecular flexibility index (Phi) is 9.45. The predicted octanol–water partition coefficient (Wildman–Crippen LogP) is 4.53. The topological polar surface area (TPSA) is 36.9 Å². The molecule has 1 saturated heterocycles. The normalized spacial score (nSPS) is 16.7. The number of para-hydroxylation sites is 1. The molecule has 2 aromatic rings. The van der Waals surface area contributed by atoms with Crippen molar-refractivity contribution in [2.24, 2.45) is 4.99 Å². The Morgan fingerprint density at radius 2 is 1.78 bits per heavy atom. The number of nitrogens with one attached hydrogen (secondary N) is 1. The summed E-state index contributed by atoms with van der Waals surface area (Å²) in [6.07, 6.45) is 3.29. The number of hydrogen-bond donors (Lipinski definition) is 1. The van der Waals surface area contributed by atoms with Crippen LogP contribution in [0.2, 0.25) is 0 Å². The molecule has 0 radical (unpaired) electrons. The van der Waals surface area contributed by atoms with Crippen molar-refractivity contribution in [3.8, 4) is 5.75 Å². The molecule has 0 bridgehead atoms. The number of guanidine groups is 1. The minimum absolute atomic E-state index is 0. The van der Waals surface area contributed by atoms with E-state index in [1.165, 1.54) is 12.0 Å². The maximum Gasteiger partial charge on any atom is 0.193 e. The lowest BCUT2D eigenvalue weighted by atomic mass is 9.99. The third-order valence-electron chi connectivity index (χ3n) is 4.84. The summed E-state index contributed by atoms with van der Waals surface area (Å²) in [4.78, 5) is 6.84. The fraction of sp³-hybridized carbons (Fsp3) is 0.409. The highest BCUT2D eigenvalue weighted by Gasteiger charge is 2.25. The van der Waals surface area contributed by atoms with Crippen LogP contribution >= 0.6 is 24.0 Å². The summed E-state index contributed by atoms with van der Waals surface area (Å²) in [5.41, 5.74) is 1.43. The highest BCUT2D eigenvalue weighted by atomic mass is 127. The Bertz CT molecular complexity index is 678. The second kappa shape index (κ2) is 11.8. The fourth-order valence-corrected chi connectivity index (χ4v) is 3.42. The summed E-state index contributed by atoms with van der Waals surface area (Å²) >= 11 is 0. The molecule has 0 aromatic heterocycles. The van der Waals surface area contributed by atoms with Gasteiger partial charge in [-0.15, -0.1) is 24.0 Å². The maximum absolute atomic E-state index is 5.73. The number of unbranched alkanes of at least 4 members (excludes halogenated alkanes) is 1. The number of ether oxygens (including phenoxy) is 1. The van der Waals surface area contributed by atoms with Crippen molar-refractivity contribution in [1.29, 1.82) is 0 Å². The minimum Gasteiger partial charge on any atom is -0.494 e. The average Bonchev–Trinajstić information content (AvgIpc) is 3.19. The van der Waals surface area contributed by atoms with Gasteiger partial charge in [-0.25, -0.2) is 0 Å². The molecule has 1 aliphatic heterocycles. The molecule has 0 saturated carbocycles. The van der Waals surface area contributed by atoms with E-state index in [0.717, 1.165) is 50.8 Å². The van der Waals surface area contributed by atoms with E-state index in [-0.39, 0.29) is 24.0 Å². The summed E-state index contributed by atoms with van der Waals surface area (Å²) < 4.78 is 5.73. The van der Waals surface area contributed by atoms with Crippen LogP contribution in [0.3, 0.4) is 0 Å². The van der Waals surface area contributed by atoms with Crippen LogP contribution < -0.4 is 10.1 Å². The SMILES string of the molecule is CN=C(NCCCCOc1ccccc1)N1CCC(c2ccccc2)C1.I. The first-order valence-corrected chi connectivity index (χ1v) is 9.55. The lowest BCUT2D eigenvalue weighted by Gasteiger charge is -2.21. The van der Waals surface area contributed by atoms with E-state index in [1.807, 2.05) is 37.4 Å². The van der Waals surface area contributed by atoms with E-state index in [9.17, 15) is 0 Å². The van der Waals surface area contributed by atoms with Crippen LogP contribution in [-0.2, 0) is 0 Å². The smallest absolute Gasteiger partial charge is 0.193 e. The largest absolute Gasteiger partial charge is 0.494 e.